The summed E-state index contributed by atoms with van der Waals surface area (Å²) in [6, 6.07) is 12.8. The van der Waals surface area contributed by atoms with Crippen molar-refractivity contribution in [2.75, 3.05) is 17.6 Å². The summed E-state index contributed by atoms with van der Waals surface area (Å²) in [7, 11) is 0. The molecule has 2 aromatic carbocycles. The number of H-pyrrole nitrogens is 1. The number of amides is 2. The molecular weight excluding hydrogens is 438 g/mol. The third-order valence-electron chi connectivity index (χ3n) is 4.89. The van der Waals surface area contributed by atoms with Crippen LogP contribution in [0, 0.1) is 13.8 Å². The molecule has 33 heavy (non-hydrogen) atoms. The lowest BCUT2D eigenvalue weighted by molar-refractivity contribution is 0.0955. The first-order valence-electron chi connectivity index (χ1n) is 10.3. The lowest BCUT2D eigenvalue weighted by Crippen LogP contribution is -2.25. The number of aromatic amines is 1. The van der Waals surface area contributed by atoms with Crippen LogP contribution in [0.2, 0.25) is 0 Å². The maximum absolute atomic E-state index is 12.6. The van der Waals surface area contributed by atoms with Crippen LogP contribution in [0.25, 0.3) is 5.69 Å². The van der Waals surface area contributed by atoms with E-state index in [1.807, 2.05) is 44.2 Å². The predicted molar refractivity (Wildman–Crippen MR) is 127 cm³/mol. The van der Waals surface area contributed by atoms with E-state index in [1.54, 1.807) is 35.4 Å². The first kappa shape index (κ1) is 22.3. The van der Waals surface area contributed by atoms with Gasteiger partial charge >= 0.3 is 0 Å². The van der Waals surface area contributed by atoms with Gasteiger partial charge in [-0.1, -0.05) is 17.7 Å². The zero-order valence-electron chi connectivity index (χ0n) is 18.2. The van der Waals surface area contributed by atoms with Crippen molar-refractivity contribution in [1.82, 2.24) is 30.5 Å². The molecule has 10 heteroatoms. The van der Waals surface area contributed by atoms with E-state index in [9.17, 15) is 9.59 Å². The summed E-state index contributed by atoms with van der Waals surface area (Å²) < 4.78 is 1.65. The molecule has 0 fully saturated rings. The van der Waals surface area contributed by atoms with E-state index in [0.29, 0.717) is 29.1 Å². The Balaban J connectivity index is 1.32. The quantitative estimate of drug-likeness (QED) is 0.274. The molecule has 2 amide bonds. The lowest BCUT2D eigenvalue weighted by Gasteiger charge is -2.07. The van der Waals surface area contributed by atoms with E-state index in [4.69, 9.17) is 0 Å². The van der Waals surface area contributed by atoms with Gasteiger partial charge in [0.25, 0.3) is 11.8 Å². The molecule has 2 aromatic heterocycles. The molecule has 4 aromatic rings. The maximum atomic E-state index is 12.6. The molecule has 0 atom stereocenters. The second-order valence-corrected chi connectivity index (χ2v) is 8.52. The van der Waals surface area contributed by atoms with E-state index in [1.165, 1.54) is 11.8 Å². The molecule has 4 rings (SSSR count). The number of anilines is 1. The zero-order valence-corrected chi connectivity index (χ0v) is 19.0. The van der Waals surface area contributed by atoms with E-state index >= 15 is 0 Å². The number of nitrogens with one attached hydrogen (secondary N) is 3. The number of rotatable bonds is 8. The molecule has 0 aliphatic heterocycles. The van der Waals surface area contributed by atoms with Gasteiger partial charge in [0.1, 0.15) is 5.03 Å². The van der Waals surface area contributed by atoms with Gasteiger partial charge < -0.3 is 10.6 Å². The Bertz CT molecular complexity index is 1250. The van der Waals surface area contributed by atoms with Gasteiger partial charge in [-0.3, -0.25) is 9.59 Å². The number of hydrogen-bond acceptors (Lipinski definition) is 6. The van der Waals surface area contributed by atoms with Gasteiger partial charge in [-0.2, -0.15) is 15.4 Å². The average Bonchev–Trinajstić information content (AvgIpc) is 3.49. The summed E-state index contributed by atoms with van der Waals surface area (Å²) in [4.78, 5) is 24.9. The molecule has 168 valence electrons. The van der Waals surface area contributed by atoms with Crippen molar-refractivity contribution in [3.63, 3.8) is 0 Å². The summed E-state index contributed by atoms with van der Waals surface area (Å²) in [6.45, 7) is 4.42. The van der Waals surface area contributed by atoms with Crippen molar-refractivity contribution in [2.24, 2.45) is 0 Å². The molecule has 0 aliphatic carbocycles. The van der Waals surface area contributed by atoms with Crippen LogP contribution >= 0.6 is 11.8 Å². The molecule has 0 spiro atoms. The third-order valence-corrected chi connectivity index (χ3v) is 5.79. The Morgan fingerprint density at radius 2 is 1.88 bits per heavy atom. The fourth-order valence-corrected chi connectivity index (χ4v) is 3.89. The molecule has 0 bridgehead atoms. The number of carbonyl (C=O) groups is 2. The summed E-state index contributed by atoms with van der Waals surface area (Å²) in [5, 5.41) is 21.1. The minimum absolute atomic E-state index is 0.149. The van der Waals surface area contributed by atoms with E-state index in [-0.39, 0.29) is 11.8 Å². The van der Waals surface area contributed by atoms with Crippen LogP contribution in [0.3, 0.4) is 0 Å². The van der Waals surface area contributed by atoms with Crippen LogP contribution in [0.5, 0.6) is 0 Å². The normalized spacial score (nSPS) is 10.7. The molecule has 0 unspecified atom stereocenters. The Kier molecular flexibility index (Phi) is 6.84. The monoisotopic (exact) mass is 461 g/mol. The van der Waals surface area contributed by atoms with Crippen LogP contribution in [-0.4, -0.2) is 49.3 Å². The molecule has 3 N–H and O–H groups in total. The molecule has 9 nitrogen and oxygen atoms in total. The van der Waals surface area contributed by atoms with E-state index in [2.05, 4.69) is 31.1 Å². The number of benzene rings is 2. The Labute approximate surface area is 195 Å². The number of hydrogen-bond donors (Lipinski definition) is 3. The zero-order chi connectivity index (χ0) is 23.2. The summed E-state index contributed by atoms with van der Waals surface area (Å²) in [5.74, 6) is 0.366. The first-order chi connectivity index (χ1) is 16.0. The number of aryl methyl sites for hydroxylation is 2. The summed E-state index contributed by atoms with van der Waals surface area (Å²) >= 11 is 1.51. The van der Waals surface area contributed by atoms with Crippen molar-refractivity contribution in [2.45, 2.75) is 18.9 Å². The van der Waals surface area contributed by atoms with E-state index in [0.717, 1.165) is 21.8 Å². The highest BCUT2D eigenvalue weighted by atomic mass is 32.2. The highest BCUT2D eigenvalue weighted by molar-refractivity contribution is 7.99. The lowest BCUT2D eigenvalue weighted by atomic mass is 10.1. The minimum Gasteiger partial charge on any atom is -0.351 e. The Morgan fingerprint density at radius 1 is 1.06 bits per heavy atom. The standard InChI is InChI=1S/C23H23N7O2S/c1-15-3-8-20(16(2)11-15)23(32)27-18-12-26-30(14-18)19-6-4-17(5-7-19)22(31)24-9-10-33-21-13-25-29-28-21/h3-8,11-14H,9-10H2,1-2H3,(H,24,31)(H,27,32)(H,25,28,29). The maximum Gasteiger partial charge on any atom is 0.256 e. The van der Waals surface area contributed by atoms with Crippen LogP contribution < -0.4 is 10.6 Å². The molecule has 0 radical (unpaired) electrons. The molecular formula is C23H23N7O2S. The Hall–Kier alpha value is -3.92. The van der Waals surface area contributed by atoms with E-state index < -0.39 is 0 Å². The van der Waals surface area contributed by atoms with Crippen molar-refractivity contribution in [3.05, 3.63) is 83.3 Å². The summed E-state index contributed by atoms with van der Waals surface area (Å²) in [6.07, 6.45) is 4.97. The molecule has 0 saturated heterocycles. The average molecular weight is 462 g/mol. The van der Waals surface area contributed by atoms with Gasteiger partial charge in [0.15, 0.2) is 0 Å². The fourth-order valence-electron chi connectivity index (χ4n) is 3.24. The summed E-state index contributed by atoms with van der Waals surface area (Å²) in [5.41, 5.74) is 4.58. The van der Waals surface area contributed by atoms with Crippen LogP contribution in [0.1, 0.15) is 31.8 Å². The molecule has 0 aliphatic rings. The second-order valence-electron chi connectivity index (χ2n) is 7.41. The van der Waals surface area contributed by atoms with Crippen LogP contribution in [-0.2, 0) is 0 Å². The predicted octanol–water partition coefficient (Wildman–Crippen LogP) is 3.38. The van der Waals surface area contributed by atoms with Gasteiger partial charge in [-0.05, 0) is 49.7 Å². The topological polar surface area (TPSA) is 118 Å². The second kappa shape index (κ2) is 10.1. The van der Waals surface area contributed by atoms with Gasteiger partial charge in [0.05, 0.1) is 30.0 Å². The number of thioether (sulfide) groups is 1. The van der Waals surface area contributed by atoms with Gasteiger partial charge in [0, 0.05) is 23.4 Å². The van der Waals surface area contributed by atoms with Gasteiger partial charge in [0.2, 0.25) is 0 Å². The van der Waals surface area contributed by atoms with Crippen molar-refractivity contribution < 1.29 is 9.59 Å². The Morgan fingerprint density at radius 3 is 2.61 bits per heavy atom. The number of nitrogens with zero attached hydrogens (tertiary/aromatic N) is 4. The van der Waals surface area contributed by atoms with Crippen LogP contribution in [0.4, 0.5) is 5.69 Å². The number of carbonyl (C=O) groups excluding carboxylic acids is 2. The SMILES string of the molecule is Cc1ccc(C(=O)Nc2cnn(-c3ccc(C(=O)NCCSc4cn[nH]n4)cc3)c2)c(C)c1. The highest BCUT2D eigenvalue weighted by Gasteiger charge is 2.11. The van der Waals surface area contributed by atoms with Gasteiger partial charge in [-0.15, -0.1) is 16.9 Å². The van der Waals surface area contributed by atoms with Gasteiger partial charge in [-0.25, -0.2) is 4.68 Å². The smallest absolute Gasteiger partial charge is 0.256 e. The minimum atomic E-state index is -0.180. The molecule has 0 saturated carbocycles. The van der Waals surface area contributed by atoms with Crippen molar-refractivity contribution in [3.8, 4) is 5.69 Å². The van der Waals surface area contributed by atoms with Crippen LogP contribution in [0.15, 0.2) is 66.1 Å². The van der Waals surface area contributed by atoms with Crippen molar-refractivity contribution in [1.29, 1.82) is 0 Å². The largest absolute Gasteiger partial charge is 0.351 e. The van der Waals surface area contributed by atoms with Crippen molar-refractivity contribution >= 4 is 29.3 Å². The number of aromatic nitrogens is 5. The highest BCUT2D eigenvalue weighted by Crippen LogP contribution is 2.16. The molecule has 2 heterocycles. The third kappa shape index (κ3) is 5.66. The fraction of sp³-hybridized carbons (Fsp3) is 0.174. The first-order valence-corrected chi connectivity index (χ1v) is 11.3.